The second kappa shape index (κ2) is 8.54. The van der Waals surface area contributed by atoms with Crippen molar-refractivity contribution >= 4 is 11.1 Å². The van der Waals surface area contributed by atoms with E-state index in [1.165, 1.54) is 41.7 Å². The van der Waals surface area contributed by atoms with Gasteiger partial charge in [-0.1, -0.05) is 12.1 Å². The second-order valence-corrected chi connectivity index (χ2v) is 8.44. The van der Waals surface area contributed by atoms with E-state index in [9.17, 15) is 9.18 Å². The molecular formula is C24H29FN2O2. The standard InChI is InChI=1S/C24H29FN2O2/c1-16-14-22-23(29-24(28)26-22)15-21(16)18-7-11-20(12-8-18)27(2)13-3-4-17-5-9-19(25)10-6-17/h5-6,9-10,14-15,18,20H,3-4,7-8,11-13H2,1-2H3,(H,26,28). The highest BCUT2D eigenvalue weighted by Gasteiger charge is 2.26. The summed E-state index contributed by atoms with van der Waals surface area (Å²) in [6, 6.07) is 11.5. The Morgan fingerprint density at radius 2 is 1.86 bits per heavy atom. The van der Waals surface area contributed by atoms with Crippen LogP contribution < -0.4 is 5.76 Å². The number of rotatable bonds is 6. The van der Waals surface area contributed by atoms with Crippen LogP contribution in [-0.4, -0.2) is 29.5 Å². The van der Waals surface area contributed by atoms with Crippen LogP contribution in [0.2, 0.25) is 0 Å². The smallest absolute Gasteiger partial charge is 0.408 e. The molecule has 0 aliphatic heterocycles. The number of benzene rings is 2. The molecule has 4 rings (SSSR count). The van der Waals surface area contributed by atoms with E-state index in [-0.39, 0.29) is 11.6 Å². The molecule has 1 aliphatic carbocycles. The number of aromatic amines is 1. The number of nitrogens with one attached hydrogen (secondary N) is 1. The molecule has 0 unspecified atom stereocenters. The summed E-state index contributed by atoms with van der Waals surface area (Å²) in [5.41, 5.74) is 5.19. The van der Waals surface area contributed by atoms with Crippen molar-refractivity contribution in [2.45, 2.75) is 57.4 Å². The number of H-pyrrole nitrogens is 1. The Labute approximate surface area is 170 Å². The first-order valence-electron chi connectivity index (χ1n) is 10.6. The summed E-state index contributed by atoms with van der Waals surface area (Å²) in [5, 5.41) is 0. The molecule has 1 fully saturated rings. The third-order valence-electron chi connectivity index (χ3n) is 6.46. The topological polar surface area (TPSA) is 49.2 Å². The Morgan fingerprint density at radius 3 is 2.59 bits per heavy atom. The van der Waals surface area contributed by atoms with E-state index in [0.29, 0.717) is 17.5 Å². The van der Waals surface area contributed by atoms with Crippen LogP contribution in [0.25, 0.3) is 11.1 Å². The highest BCUT2D eigenvalue weighted by Crippen LogP contribution is 2.37. The van der Waals surface area contributed by atoms with Crippen LogP contribution in [-0.2, 0) is 6.42 Å². The van der Waals surface area contributed by atoms with Crippen molar-refractivity contribution in [1.29, 1.82) is 0 Å². The first-order valence-corrected chi connectivity index (χ1v) is 10.6. The van der Waals surface area contributed by atoms with Crippen molar-refractivity contribution in [2.75, 3.05) is 13.6 Å². The van der Waals surface area contributed by atoms with Gasteiger partial charge in [-0.25, -0.2) is 9.18 Å². The Balaban J connectivity index is 1.30. The number of oxazole rings is 1. The summed E-state index contributed by atoms with van der Waals surface area (Å²) in [7, 11) is 2.22. The lowest BCUT2D eigenvalue weighted by molar-refractivity contribution is 0.181. The molecule has 0 saturated heterocycles. The lowest BCUT2D eigenvalue weighted by Crippen LogP contribution is -2.35. The van der Waals surface area contributed by atoms with Gasteiger partial charge in [-0.2, -0.15) is 0 Å². The van der Waals surface area contributed by atoms with Gasteiger partial charge in [-0.05, 0) is 106 Å². The highest BCUT2D eigenvalue weighted by atomic mass is 19.1. The van der Waals surface area contributed by atoms with E-state index < -0.39 is 0 Å². The lowest BCUT2D eigenvalue weighted by Gasteiger charge is -2.35. The molecule has 0 radical (unpaired) electrons. The Kier molecular flexibility index (Phi) is 5.86. The number of hydrogen-bond donors (Lipinski definition) is 1. The number of aryl methyl sites for hydroxylation is 2. The largest absolute Gasteiger partial charge is 0.417 e. The maximum atomic E-state index is 13.0. The Bertz CT molecular complexity index is 1010. The van der Waals surface area contributed by atoms with Crippen molar-refractivity contribution in [3.05, 3.63) is 69.5 Å². The summed E-state index contributed by atoms with van der Waals surface area (Å²) >= 11 is 0. The Morgan fingerprint density at radius 1 is 1.14 bits per heavy atom. The van der Waals surface area contributed by atoms with Crippen LogP contribution in [0.3, 0.4) is 0 Å². The lowest BCUT2D eigenvalue weighted by atomic mass is 9.79. The number of hydrogen-bond acceptors (Lipinski definition) is 3. The highest BCUT2D eigenvalue weighted by molar-refractivity contribution is 5.74. The molecule has 154 valence electrons. The monoisotopic (exact) mass is 396 g/mol. The van der Waals surface area contributed by atoms with Crippen LogP contribution in [0.4, 0.5) is 4.39 Å². The molecule has 1 aromatic heterocycles. The van der Waals surface area contributed by atoms with Gasteiger partial charge in [0.15, 0.2) is 5.58 Å². The molecule has 5 heteroatoms. The fourth-order valence-corrected chi connectivity index (χ4v) is 4.75. The van der Waals surface area contributed by atoms with Gasteiger partial charge < -0.3 is 9.32 Å². The van der Waals surface area contributed by atoms with E-state index >= 15 is 0 Å². The minimum atomic E-state index is -0.387. The zero-order valence-corrected chi connectivity index (χ0v) is 17.2. The summed E-state index contributed by atoms with van der Waals surface area (Å²) in [4.78, 5) is 16.7. The van der Waals surface area contributed by atoms with Gasteiger partial charge in [-0.15, -0.1) is 0 Å². The molecule has 1 heterocycles. The van der Waals surface area contributed by atoms with Crippen molar-refractivity contribution < 1.29 is 8.81 Å². The van der Waals surface area contributed by atoms with Crippen molar-refractivity contribution in [1.82, 2.24) is 9.88 Å². The van der Waals surface area contributed by atoms with Crippen LogP contribution in [0.5, 0.6) is 0 Å². The first kappa shape index (κ1) is 19.9. The SMILES string of the molecule is Cc1cc2[nH]c(=O)oc2cc1C1CCC(N(C)CCCc2ccc(F)cc2)CC1. The molecule has 0 atom stereocenters. The number of halogens is 1. The van der Waals surface area contributed by atoms with Crippen molar-refractivity contribution in [3.63, 3.8) is 0 Å². The van der Waals surface area contributed by atoms with Gasteiger partial charge >= 0.3 is 5.76 Å². The predicted molar refractivity (Wildman–Crippen MR) is 114 cm³/mol. The minimum Gasteiger partial charge on any atom is -0.408 e. The molecule has 29 heavy (non-hydrogen) atoms. The maximum Gasteiger partial charge on any atom is 0.417 e. The summed E-state index contributed by atoms with van der Waals surface area (Å²) in [6.45, 7) is 3.18. The van der Waals surface area contributed by atoms with Gasteiger partial charge in [-0.3, -0.25) is 4.98 Å². The van der Waals surface area contributed by atoms with E-state index in [1.54, 1.807) is 0 Å². The minimum absolute atomic E-state index is 0.171. The van der Waals surface area contributed by atoms with Crippen LogP contribution in [0, 0.1) is 12.7 Å². The fraction of sp³-hybridized carbons (Fsp3) is 0.458. The number of nitrogens with zero attached hydrogens (tertiary/aromatic N) is 1. The molecule has 1 N–H and O–H groups in total. The molecule has 0 amide bonds. The zero-order valence-electron chi connectivity index (χ0n) is 17.2. The fourth-order valence-electron chi connectivity index (χ4n) is 4.75. The normalized spacial score (nSPS) is 19.9. The van der Waals surface area contributed by atoms with Crippen molar-refractivity contribution in [3.8, 4) is 0 Å². The van der Waals surface area contributed by atoms with E-state index in [0.717, 1.165) is 37.7 Å². The molecule has 1 aliphatic rings. The third-order valence-corrected chi connectivity index (χ3v) is 6.46. The molecular weight excluding hydrogens is 367 g/mol. The number of aromatic nitrogens is 1. The van der Waals surface area contributed by atoms with Crippen LogP contribution in [0.1, 0.15) is 54.7 Å². The van der Waals surface area contributed by atoms with Crippen molar-refractivity contribution in [2.24, 2.45) is 0 Å². The summed E-state index contributed by atoms with van der Waals surface area (Å²) < 4.78 is 18.3. The van der Waals surface area contributed by atoms with E-state index in [4.69, 9.17) is 4.42 Å². The van der Waals surface area contributed by atoms with E-state index in [2.05, 4.69) is 29.9 Å². The average molecular weight is 397 g/mol. The second-order valence-electron chi connectivity index (χ2n) is 8.44. The molecule has 4 nitrogen and oxygen atoms in total. The third kappa shape index (κ3) is 4.61. The van der Waals surface area contributed by atoms with E-state index in [1.807, 2.05) is 18.2 Å². The zero-order chi connectivity index (χ0) is 20.4. The van der Waals surface area contributed by atoms with Gasteiger partial charge in [0, 0.05) is 6.04 Å². The van der Waals surface area contributed by atoms with Crippen LogP contribution in [0.15, 0.2) is 45.6 Å². The number of fused-ring (bicyclic) bond motifs is 1. The predicted octanol–water partition coefficient (Wildman–Crippen LogP) is 5.16. The first-order chi connectivity index (χ1) is 14.0. The van der Waals surface area contributed by atoms with Gasteiger partial charge in [0.2, 0.25) is 0 Å². The molecule has 3 aromatic rings. The Hall–Kier alpha value is -2.40. The summed E-state index contributed by atoms with van der Waals surface area (Å²) in [6.07, 6.45) is 6.77. The van der Waals surface area contributed by atoms with Gasteiger partial charge in [0.25, 0.3) is 0 Å². The van der Waals surface area contributed by atoms with Gasteiger partial charge in [0.05, 0.1) is 5.52 Å². The quantitative estimate of drug-likeness (QED) is 0.626. The molecule has 0 bridgehead atoms. The molecule has 0 spiro atoms. The van der Waals surface area contributed by atoms with Crippen LogP contribution >= 0.6 is 0 Å². The van der Waals surface area contributed by atoms with Gasteiger partial charge in [0.1, 0.15) is 5.82 Å². The maximum absolute atomic E-state index is 13.0. The average Bonchev–Trinajstić information content (AvgIpc) is 3.07. The summed E-state index contributed by atoms with van der Waals surface area (Å²) in [5.74, 6) is -0.0263. The molecule has 1 saturated carbocycles. The molecule has 2 aromatic carbocycles.